The highest BCUT2D eigenvalue weighted by Crippen LogP contribution is 2.36. The second-order valence-corrected chi connectivity index (χ2v) is 8.64. The average Bonchev–Trinajstić information content (AvgIpc) is 2.91. The molecule has 174 valence electrons. The monoisotopic (exact) mass is 423 g/mol. The number of hydrogen-bond acceptors (Lipinski definition) is 5. The first-order chi connectivity index (χ1) is 13.9. The summed E-state index contributed by atoms with van der Waals surface area (Å²) >= 11 is 0. The van der Waals surface area contributed by atoms with Crippen molar-refractivity contribution in [3.63, 3.8) is 0 Å². The summed E-state index contributed by atoms with van der Waals surface area (Å²) in [4.78, 5) is 15.6. The number of carbonyl (C=O) groups excluding carboxylic acids is 1. The molecule has 1 aromatic rings. The van der Waals surface area contributed by atoms with Crippen LogP contribution in [0.5, 0.6) is 0 Å². The van der Waals surface area contributed by atoms with Crippen molar-refractivity contribution in [2.75, 3.05) is 14.2 Å². The first-order valence-corrected chi connectivity index (χ1v) is 11.1. The van der Waals surface area contributed by atoms with Crippen molar-refractivity contribution >= 4 is 18.9 Å². The van der Waals surface area contributed by atoms with Crippen molar-refractivity contribution in [2.24, 2.45) is 5.41 Å². The summed E-state index contributed by atoms with van der Waals surface area (Å²) in [5, 5.41) is 0. The van der Waals surface area contributed by atoms with E-state index in [1.807, 2.05) is 75.4 Å². The van der Waals surface area contributed by atoms with Crippen LogP contribution in [0.15, 0.2) is 12.3 Å². The maximum atomic E-state index is 11.0. The van der Waals surface area contributed by atoms with Crippen molar-refractivity contribution in [2.45, 2.75) is 100 Å². The van der Waals surface area contributed by atoms with E-state index in [4.69, 9.17) is 9.31 Å². The zero-order chi connectivity index (χ0) is 24.2. The molecule has 0 amide bonds. The predicted molar refractivity (Wildman–Crippen MR) is 128 cm³/mol. The number of aryl methyl sites for hydroxylation is 2. The fourth-order valence-electron chi connectivity index (χ4n) is 2.49. The Morgan fingerprint density at radius 1 is 1.07 bits per heavy atom. The molecule has 6 heteroatoms. The van der Waals surface area contributed by atoms with Crippen molar-refractivity contribution in [1.82, 2.24) is 4.98 Å². The first-order valence-electron chi connectivity index (χ1n) is 11.1. The van der Waals surface area contributed by atoms with Crippen LogP contribution in [0.2, 0.25) is 0 Å². The van der Waals surface area contributed by atoms with Gasteiger partial charge in [0, 0.05) is 37.0 Å². The number of carbonyl (C=O) groups is 1. The van der Waals surface area contributed by atoms with E-state index in [0.29, 0.717) is 0 Å². The van der Waals surface area contributed by atoms with Crippen LogP contribution >= 0.6 is 0 Å². The number of ether oxygens (including phenoxy) is 1. The van der Waals surface area contributed by atoms with E-state index in [2.05, 4.69) is 22.7 Å². The van der Waals surface area contributed by atoms with Crippen molar-refractivity contribution < 1.29 is 18.8 Å². The molecule has 1 aromatic heterocycles. The normalized spacial score (nSPS) is 16.2. The molecule has 5 nitrogen and oxygen atoms in total. The summed E-state index contributed by atoms with van der Waals surface area (Å²) in [6.07, 6.45) is 4.44. The van der Waals surface area contributed by atoms with Gasteiger partial charge < -0.3 is 18.8 Å². The van der Waals surface area contributed by atoms with Crippen molar-refractivity contribution in [3.8, 4) is 0 Å². The standard InChI is InChI=1S/C18H28BNO3.C2H6O.2C2H6/c1-13-10-14(8-9-16(2,3)12-21)20-11-15(13)19-22-17(4,5)18(6,7)23-19;1-3-2;2*1-2/h10-12H,8-9H2,1-7H3;1-2H3;2*1-2H3. The molecule has 0 N–H and O–H groups in total. The Morgan fingerprint density at radius 2 is 1.50 bits per heavy atom. The van der Waals surface area contributed by atoms with Crippen LogP contribution in [0.1, 0.15) is 86.9 Å². The zero-order valence-corrected chi connectivity index (χ0v) is 21.8. The number of rotatable bonds is 5. The maximum Gasteiger partial charge on any atom is 0.496 e. The Morgan fingerprint density at radius 3 is 1.87 bits per heavy atom. The van der Waals surface area contributed by atoms with Crippen LogP contribution in [0.3, 0.4) is 0 Å². The van der Waals surface area contributed by atoms with E-state index in [0.717, 1.165) is 35.8 Å². The molecule has 1 aliphatic rings. The summed E-state index contributed by atoms with van der Waals surface area (Å²) in [6.45, 7) is 22.1. The van der Waals surface area contributed by atoms with Gasteiger partial charge in [-0.25, -0.2) is 0 Å². The molecule has 0 radical (unpaired) electrons. The van der Waals surface area contributed by atoms with Crippen LogP contribution in [0.4, 0.5) is 0 Å². The molecule has 1 aliphatic heterocycles. The van der Waals surface area contributed by atoms with E-state index in [9.17, 15) is 4.79 Å². The van der Waals surface area contributed by atoms with Crippen LogP contribution in [-0.4, -0.2) is 43.8 Å². The van der Waals surface area contributed by atoms with Gasteiger partial charge in [0.25, 0.3) is 0 Å². The number of hydrogen-bond donors (Lipinski definition) is 0. The number of pyridine rings is 1. The van der Waals surface area contributed by atoms with Gasteiger partial charge in [-0.15, -0.1) is 0 Å². The van der Waals surface area contributed by atoms with E-state index in [-0.39, 0.29) is 23.7 Å². The lowest BCUT2D eigenvalue weighted by Crippen LogP contribution is -2.41. The second-order valence-electron chi connectivity index (χ2n) is 8.64. The highest BCUT2D eigenvalue weighted by atomic mass is 16.7. The molecule has 30 heavy (non-hydrogen) atoms. The Hall–Kier alpha value is -1.24. The van der Waals surface area contributed by atoms with Crippen molar-refractivity contribution in [3.05, 3.63) is 23.5 Å². The SMILES string of the molecule is CC.CC.COC.Cc1cc(CCC(C)(C)C=O)ncc1B1OC(C)(C)C(C)(C)O1. The van der Waals surface area contributed by atoms with Gasteiger partial charge in [0.15, 0.2) is 0 Å². The third-order valence-electron chi connectivity index (χ3n) is 5.06. The van der Waals surface area contributed by atoms with E-state index in [1.165, 1.54) is 0 Å². The first kappa shape index (κ1) is 31.0. The molecule has 1 saturated heterocycles. The van der Waals surface area contributed by atoms with Gasteiger partial charge >= 0.3 is 7.12 Å². The van der Waals surface area contributed by atoms with E-state index < -0.39 is 0 Å². The summed E-state index contributed by atoms with van der Waals surface area (Å²) in [7, 11) is 2.87. The third kappa shape index (κ3) is 9.28. The minimum absolute atomic E-state index is 0.306. The minimum atomic E-state index is -0.382. The zero-order valence-electron chi connectivity index (χ0n) is 21.8. The molecular formula is C24H46BNO4. The molecule has 2 rings (SSSR count). The molecule has 0 bridgehead atoms. The molecule has 2 heterocycles. The van der Waals surface area contributed by atoms with E-state index in [1.54, 1.807) is 14.2 Å². The van der Waals surface area contributed by atoms with Crippen LogP contribution < -0.4 is 5.46 Å². The summed E-state index contributed by atoms with van der Waals surface area (Å²) < 4.78 is 16.4. The summed E-state index contributed by atoms with van der Waals surface area (Å²) in [5.74, 6) is 0. The Labute approximate surface area is 186 Å². The molecule has 0 atom stereocenters. The lowest BCUT2D eigenvalue weighted by Gasteiger charge is -2.32. The van der Waals surface area contributed by atoms with Crippen LogP contribution in [0.25, 0.3) is 0 Å². The molecule has 0 spiro atoms. The maximum absolute atomic E-state index is 11.0. The number of nitrogens with zero attached hydrogens (tertiary/aromatic N) is 1. The Kier molecular flexibility index (Phi) is 14.4. The molecule has 0 aromatic carbocycles. The lowest BCUT2D eigenvalue weighted by molar-refractivity contribution is -0.114. The predicted octanol–water partition coefficient (Wildman–Crippen LogP) is 5.16. The number of methoxy groups -OCH3 is 1. The lowest BCUT2D eigenvalue weighted by atomic mass is 9.77. The van der Waals surface area contributed by atoms with Crippen LogP contribution in [-0.2, 0) is 25.3 Å². The summed E-state index contributed by atoms with van der Waals surface area (Å²) in [5.41, 5.74) is 2.07. The third-order valence-corrected chi connectivity index (χ3v) is 5.06. The fourth-order valence-corrected chi connectivity index (χ4v) is 2.49. The Balaban J connectivity index is 0. The number of aldehydes is 1. The summed E-state index contributed by atoms with van der Waals surface area (Å²) in [6, 6.07) is 2.07. The molecule has 1 fully saturated rings. The molecule has 0 unspecified atom stereocenters. The molecular weight excluding hydrogens is 377 g/mol. The highest BCUT2D eigenvalue weighted by molar-refractivity contribution is 6.62. The van der Waals surface area contributed by atoms with Crippen LogP contribution in [0, 0.1) is 12.3 Å². The smallest absolute Gasteiger partial charge is 0.399 e. The average molecular weight is 423 g/mol. The topological polar surface area (TPSA) is 57.7 Å². The quantitative estimate of drug-likeness (QED) is 0.484. The van der Waals surface area contributed by atoms with Gasteiger partial charge in [0.1, 0.15) is 6.29 Å². The number of aromatic nitrogens is 1. The minimum Gasteiger partial charge on any atom is -0.399 e. The van der Waals surface area contributed by atoms with Gasteiger partial charge in [-0.2, -0.15) is 0 Å². The van der Waals surface area contributed by atoms with Gasteiger partial charge in [-0.3, -0.25) is 4.98 Å². The van der Waals surface area contributed by atoms with Gasteiger partial charge in [0.05, 0.1) is 11.2 Å². The second kappa shape index (κ2) is 13.9. The van der Waals surface area contributed by atoms with Gasteiger partial charge in [0.2, 0.25) is 0 Å². The van der Waals surface area contributed by atoms with Gasteiger partial charge in [-0.1, -0.05) is 41.5 Å². The van der Waals surface area contributed by atoms with Gasteiger partial charge in [-0.05, 0) is 59.1 Å². The van der Waals surface area contributed by atoms with E-state index >= 15 is 0 Å². The highest BCUT2D eigenvalue weighted by Gasteiger charge is 2.52. The Bertz CT molecular complexity index is 599. The molecule has 0 saturated carbocycles. The largest absolute Gasteiger partial charge is 0.496 e. The van der Waals surface area contributed by atoms with Crippen molar-refractivity contribution in [1.29, 1.82) is 0 Å². The fraction of sp³-hybridized carbons (Fsp3) is 0.750. The molecule has 0 aliphatic carbocycles.